The molecule has 0 spiro atoms. The number of nitrogens with one attached hydrogen (secondary N) is 2. The van der Waals surface area contributed by atoms with Gasteiger partial charge in [-0.1, -0.05) is 19.3 Å². The third-order valence-corrected chi connectivity index (χ3v) is 5.62. The number of hydrogen-bond donors (Lipinski definition) is 3. The van der Waals surface area contributed by atoms with Gasteiger partial charge in [-0.05, 0) is 52.2 Å². The molecule has 3 N–H and O–H groups in total. The maximum absolute atomic E-state index is 13.3. The molecule has 2 aliphatic rings. The second-order valence-corrected chi connectivity index (χ2v) is 9.18. The molecular weight excluding hydrogens is 402 g/mol. The van der Waals surface area contributed by atoms with Crippen molar-refractivity contribution in [2.75, 3.05) is 6.54 Å². The molecule has 9 heteroatoms. The van der Waals surface area contributed by atoms with Crippen molar-refractivity contribution in [3.8, 4) is 0 Å². The molecule has 2 heterocycles. The second-order valence-electron chi connectivity index (χ2n) is 9.18. The highest BCUT2D eigenvalue weighted by atomic mass is 16.7. The maximum atomic E-state index is 13.3. The quantitative estimate of drug-likeness (QED) is 0.605. The van der Waals surface area contributed by atoms with Crippen molar-refractivity contribution in [3.05, 3.63) is 29.9 Å². The smallest absolute Gasteiger partial charge is 0.287 e. The van der Waals surface area contributed by atoms with Crippen LogP contribution in [0, 0.1) is 0 Å². The van der Waals surface area contributed by atoms with Gasteiger partial charge in [-0.2, -0.15) is 0 Å². The number of carbonyl (C=O) groups excluding carboxylic acids is 3. The summed E-state index contributed by atoms with van der Waals surface area (Å²) in [5.41, 5.74) is -1.70. The van der Waals surface area contributed by atoms with Crippen LogP contribution in [0.25, 0.3) is 0 Å². The summed E-state index contributed by atoms with van der Waals surface area (Å²) in [7, 11) is 0. The predicted molar refractivity (Wildman–Crippen MR) is 111 cm³/mol. The van der Waals surface area contributed by atoms with E-state index in [1.807, 2.05) is 20.8 Å². The first-order valence-corrected chi connectivity index (χ1v) is 10.7. The fourth-order valence-corrected chi connectivity index (χ4v) is 4.12. The summed E-state index contributed by atoms with van der Waals surface area (Å²) >= 11 is 0. The largest absolute Gasteiger partial charge is 0.459 e. The molecule has 0 radical (unpaired) electrons. The average molecular weight is 434 g/mol. The number of hydrogen-bond acceptors (Lipinski definition) is 7. The van der Waals surface area contributed by atoms with Crippen LogP contribution in [0.3, 0.4) is 0 Å². The minimum Gasteiger partial charge on any atom is -0.459 e. The van der Waals surface area contributed by atoms with Gasteiger partial charge in [0.25, 0.3) is 5.91 Å². The van der Waals surface area contributed by atoms with E-state index in [2.05, 4.69) is 10.6 Å². The molecule has 1 saturated carbocycles. The summed E-state index contributed by atoms with van der Waals surface area (Å²) in [6.07, 6.45) is 4.06. The number of piperidine rings is 1. The number of nitrogens with zero attached hydrogens (tertiary/aromatic N) is 1. The number of carbonyl (C=O) groups is 2. The molecule has 2 amide bonds. The number of rotatable bonds is 5. The Morgan fingerprint density at radius 2 is 2.00 bits per heavy atom. The average Bonchev–Trinajstić information content (AvgIpc) is 3.25. The number of furan rings is 1. The monoisotopic (exact) mass is 433 g/mol. The highest BCUT2D eigenvalue weighted by Crippen LogP contribution is 2.30. The first-order chi connectivity index (χ1) is 14.6. The third kappa shape index (κ3) is 5.36. The summed E-state index contributed by atoms with van der Waals surface area (Å²) in [5.74, 6) is 1.07. The molecule has 1 aromatic rings. The first-order valence-electron chi connectivity index (χ1n) is 10.7. The van der Waals surface area contributed by atoms with Gasteiger partial charge in [0.15, 0.2) is 17.4 Å². The molecule has 1 saturated heterocycles. The Balaban J connectivity index is 1.73. The van der Waals surface area contributed by atoms with Crippen molar-refractivity contribution < 1.29 is 28.7 Å². The standard InChI is InChI=1S/C22H31N3O6/c1-21(2,3)31-25-12-9-15(18(27)16(25)14-26)23-20(29)22(10-5-4-6-11-22)24-19(28)17-8-7-13-30-17/h7-8,13,15,18,27H,4-6,9-12H2,1-3H3,(H,23,29)(H,24,28). The van der Waals surface area contributed by atoms with Crippen LogP contribution in [0.4, 0.5) is 0 Å². The zero-order valence-corrected chi connectivity index (χ0v) is 18.3. The predicted octanol–water partition coefficient (Wildman–Crippen LogP) is 1.71. The van der Waals surface area contributed by atoms with Crippen LogP contribution >= 0.6 is 0 Å². The van der Waals surface area contributed by atoms with E-state index in [1.165, 1.54) is 11.3 Å². The molecule has 2 unspecified atom stereocenters. The van der Waals surface area contributed by atoms with Crippen LogP contribution in [-0.2, 0) is 14.4 Å². The van der Waals surface area contributed by atoms with E-state index in [0.29, 0.717) is 25.8 Å². The molecule has 0 bridgehead atoms. The summed E-state index contributed by atoms with van der Waals surface area (Å²) in [5, 5.41) is 17.8. The van der Waals surface area contributed by atoms with Crippen molar-refractivity contribution in [2.24, 2.45) is 0 Å². The van der Waals surface area contributed by atoms with Crippen molar-refractivity contribution in [1.29, 1.82) is 0 Å². The molecule has 9 nitrogen and oxygen atoms in total. The third-order valence-electron chi connectivity index (χ3n) is 5.62. The molecule has 170 valence electrons. The number of amides is 2. The zero-order chi connectivity index (χ0) is 22.6. The van der Waals surface area contributed by atoms with Gasteiger partial charge in [-0.25, -0.2) is 9.86 Å². The SMILES string of the molecule is CC(C)(C)ON1CCC(NC(=O)C2(NC(=O)c3ccco3)CCCCC2)C(O)C1=C=O. The lowest BCUT2D eigenvalue weighted by molar-refractivity contribution is -0.223. The van der Waals surface area contributed by atoms with Gasteiger partial charge in [0.05, 0.1) is 17.9 Å². The highest BCUT2D eigenvalue weighted by Gasteiger charge is 2.44. The molecule has 1 aliphatic carbocycles. The van der Waals surface area contributed by atoms with Crippen molar-refractivity contribution >= 4 is 17.8 Å². The van der Waals surface area contributed by atoms with E-state index < -0.39 is 29.2 Å². The lowest BCUT2D eigenvalue weighted by Gasteiger charge is -2.42. The first kappa shape index (κ1) is 23.1. The normalized spacial score (nSPS) is 23.7. The fraction of sp³-hybridized carbons (Fsp3) is 0.636. The van der Waals surface area contributed by atoms with E-state index in [0.717, 1.165) is 19.3 Å². The maximum Gasteiger partial charge on any atom is 0.287 e. The summed E-state index contributed by atoms with van der Waals surface area (Å²) in [6, 6.07) is 2.46. The molecule has 3 rings (SSSR count). The molecule has 1 aliphatic heterocycles. The zero-order valence-electron chi connectivity index (χ0n) is 18.3. The van der Waals surface area contributed by atoms with Crippen LogP contribution in [0.1, 0.15) is 69.9 Å². The Labute approximate surface area is 181 Å². The molecule has 2 atom stereocenters. The number of aliphatic hydroxyl groups excluding tert-OH is 1. The lowest BCUT2D eigenvalue weighted by Crippen LogP contribution is -2.63. The van der Waals surface area contributed by atoms with Crippen molar-refractivity contribution in [1.82, 2.24) is 15.7 Å². The molecule has 0 aromatic carbocycles. The van der Waals surface area contributed by atoms with Crippen LogP contribution in [0.15, 0.2) is 28.5 Å². The van der Waals surface area contributed by atoms with Crippen LogP contribution < -0.4 is 10.6 Å². The van der Waals surface area contributed by atoms with Crippen LogP contribution in [0.5, 0.6) is 0 Å². The minimum atomic E-state index is -1.26. The van der Waals surface area contributed by atoms with Crippen molar-refractivity contribution in [2.45, 2.75) is 82.6 Å². The second kappa shape index (κ2) is 9.26. The summed E-state index contributed by atoms with van der Waals surface area (Å²) in [6.45, 7) is 5.83. The molecule has 31 heavy (non-hydrogen) atoms. The Hall–Kier alpha value is -2.61. The van der Waals surface area contributed by atoms with Gasteiger partial charge < -0.3 is 20.2 Å². The Kier molecular flexibility index (Phi) is 6.89. The Morgan fingerprint density at radius 1 is 1.29 bits per heavy atom. The van der Waals surface area contributed by atoms with E-state index in [4.69, 9.17) is 9.25 Å². The Bertz CT molecular complexity index is 832. The minimum absolute atomic E-state index is 0.0520. The van der Waals surface area contributed by atoms with Gasteiger partial charge in [-0.15, -0.1) is 0 Å². The van der Waals surface area contributed by atoms with Gasteiger partial charge in [0.2, 0.25) is 5.91 Å². The van der Waals surface area contributed by atoms with E-state index in [9.17, 15) is 19.5 Å². The molecular formula is C22H31N3O6. The van der Waals surface area contributed by atoms with Crippen LogP contribution in [0.2, 0.25) is 0 Å². The summed E-state index contributed by atoms with van der Waals surface area (Å²) in [4.78, 5) is 43.2. The van der Waals surface area contributed by atoms with Gasteiger partial charge in [0, 0.05) is 6.54 Å². The number of aliphatic hydroxyl groups is 1. The van der Waals surface area contributed by atoms with Gasteiger partial charge in [0.1, 0.15) is 11.6 Å². The van der Waals surface area contributed by atoms with Crippen molar-refractivity contribution in [3.63, 3.8) is 0 Å². The van der Waals surface area contributed by atoms with E-state index in [1.54, 1.807) is 18.1 Å². The van der Waals surface area contributed by atoms with Gasteiger partial charge >= 0.3 is 0 Å². The lowest BCUT2D eigenvalue weighted by atomic mass is 9.80. The van der Waals surface area contributed by atoms with Gasteiger partial charge in [-0.3, -0.25) is 14.4 Å². The Morgan fingerprint density at radius 3 is 2.58 bits per heavy atom. The fourth-order valence-electron chi connectivity index (χ4n) is 4.12. The van der Waals surface area contributed by atoms with E-state index >= 15 is 0 Å². The van der Waals surface area contributed by atoms with E-state index in [-0.39, 0.29) is 17.4 Å². The topological polar surface area (TPSA) is 121 Å². The highest BCUT2D eigenvalue weighted by molar-refractivity contribution is 5.97. The molecule has 1 aromatic heterocycles. The molecule has 2 fully saturated rings. The summed E-state index contributed by atoms with van der Waals surface area (Å²) < 4.78 is 5.16. The number of hydroxylamine groups is 2. The van der Waals surface area contributed by atoms with Crippen LogP contribution in [-0.4, -0.2) is 57.8 Å².